The van der Waals surface area contributed by atoms with Crippen LogP contribution in [0.25, 0.3) is 0 Å². The van der Waals surface area contributed by atoms with Gasteiger partial charge in [0.05, 0.1) is 0 Å². The molecule has 242 valence electrons. The van der Waals surface area contributed by atoms with Gasteiger partial charge >= 0.3 is 200 Å². The van der Waals surface area contributed by atoms with Crippen LogP contribution in [0.3, 0.4) is 0 Å². The van der Waals surface area contributed by atoms with Crippen LogP contribution in [-0.4, -0.2) is 24.6 Å². The fourth-order valence-corrected chi connectivity index (χ4v) is 12.2. The van der Waals surface area contributed by atoms with E-state index >= 15 is 0 Å². The zero-order valence-corrected chi connectivity index (χ0v) is 30.4. The van der Waals surface area contributed by atoms with Crippen molar-refractivity contribution in [1.29, 1.82) is 0 Å². The molecule has 0 aromatic heterocycles. The predicted octanol–water partition coefficient (Wildman–Crippen LogP) is 13.8. The summed E-state index contributed by atoms with van der Waals surface area (Å²) >= 11 is 0. The summed E-state index contributed by atoms with van der Waals surface area (Å²) < 4.78 is 10.1. The van der Waals surface area contributed by atoms with Crippen LogP contribution in [-0.2, 0) is 4.57 Å². The Kier molecular flexibility index (Phi) is 32.5. The molecule has 3 heteroatoms. The molecule has 0 saturated carbocycles. The van der Waals surface area contributed by atoms with Crippen LogP contribution in [0.2, 0.25) is 0 Å². The van der Waals surface area contributed by atoms with Gasteiger partial charge in [-0.1, -0.05) is 31.5 Å². The molecule has 1 rings (SSSR count). The molecule has 0 fully saturated rings. The Morgan fingerprint density at radius 1 is 0.415 bits per heavy atom. The first kappa shape index (κ1) is 40.8. The third-order valence-corrected chi connectivity index (χ3v) is 15.3. The molecule has 1 aromatic carbocycles. The Labute approximate surface area is 261 Å². The SMILES string of the molecule is CCCCCCCCCCCCCC[PH](CCCCCC)(CCCCCC)CCCCCC.O=Pc1ccccc1. The van der Waals surface area contributed by atoms with Crippen molar-refractivity contribution in [2.24, 2.45) is 0 Å². The Balaban J connectivity index is 0.00000170. The maximum Gasteiger partial charge on any atom is 0.192 e. The average molecular weight is 609 g/mol. The molecule has 0 spiro atoms. The minimum atomic E-state index is -1.04. The van der Waals surface area contributed by atoms with Crippen molar-refractivity contribution in [2.75, 3.05) is 24.6 Å². The van der Waals surface area contributed by atoms with Crippen molar-refractivity contribution < 1.29 is 4.57 Å². The summed E-state index contributed by atoms with van der Waals surface area (Å²) in [5.74, 6) is 0. The number of rotatable bonds is 29. The van der Waals surface area contributed by atoms with E-state index in [2.05, 4.69) is 27.7 Å². The summed E-state index contributed by atoms with van der Waals surface area (Å²) in [6.45, 7) is 9.42. The first-order valence-electron chi connectivity index (χ1n) is 18.6. The van der Waals surface area contributed by atoms with Gasteiger partial charge in [-0.2, -0.15) is 0 Å². The van der Waals surface area contributed by atoms with E-state index in [1.165, 1.54) is 128 Å². The second kappa shape index (κ2) is 32.7. The van der Waals surface area contributed by atoms with Gasteiger partial charge in [0.2, 0.25) is 0 Å². The van der Waals surface area contributed by atoms with Crippen LogP contribution >= 0.6 is 15.7 Å². The summed E-state index contributed by atoms with van der Waals surface area (Å²) in [5.41, 5.74) is 0. The first-order valence-corrected chi connectivity index (χ1v) is 22.2. The van der Waals surface area contributed by atoms with Gasteiger partial charge in [-0.05, 0) is 12.1 Å². The normalized spacial score (nSPS) is 11.9. The van der Waals surface area contributed by atoms with E-state index in [1.54, 1.807) is 50.3 Å². The number of unbranched alkanes of at least 4 members (excludes halogenated alkanes) is 20. The van der Waals surface area contributed by atoms with Crippen molar-refractivity contribution in [3.8, 4) is 0 Å². The van der Waals surface area contributed by atoms with Gasteiger partial charge in [-0.3, -0.25) is 4.57 Å². The summed E-state index contributed by atoms with van der Waals surface area (Å²) in [4.78, 5) is 0. The molecule has 0 bridgehead atoms. The maximum absolute atomic E-state index is 10.1. The van der Waals surface area contributed by atoms with Crippen LogP contribution in [0.15, 0.2) is 30.3 Å². The Hall–Kier alpha value is -0.250. The van der Waals surface area contributed by atoms with Crippen LogP contribution in [0, 0.1) is 0 Å². The monoisotopic (exact) mass is 609 g/mol. The fourth-order valence-electron chi connectivity index (χ4n) is 6.36. The van der Waals surface area contributed by atoms with E-state index in [1.807, 2.05) is 30.3 Å². The molecule has 1 nitrogen and oxygen atoms in total. The number of hydrogen-bond acceptors (Lipinski definition) is 1. The zero-order valence-electron chi connectivity index (χ0n) is 28.5. The van der Waals surface area contributed by atoms with E-state index in [0.29, 0.717) is 0 Å². The van der Waals surface area contributed by atoms with Gasteiger partial charge in [-0.15, -0.1) is 0 Å². The minimum Gasteiger partial charge on any atom is -0.269 e. The van der Waals surface area contributed by atoms with Gasteiger partial charge in [0.15, 0.2) is 8.46 Å². The molecule has 0 aliphatic heterocycles. The van der Waals surface area contributed by atoms with Crippen molar-refractivity contribution in [2.45, 2.75) is 182 Å². The summed E-state index contributed by atoms with van der Waals surface area (Å²) in [6.07, 6.45) is 42.3. The van der Waals surface area contributed by atoms with Gasteiger partial charge in [0.25, 0.3) is 0 Å². The molecule has 0 amide bonds. The second-order valence-corrected chi connectivity index (χ2v) is 18.7. The molecular weight excluding hydrogens is 534 g/mol. The molecule has 0 saturated heterocycles. The fraction of sp³-hybridized carbons (Fsp3) is 0.842. The van der Waals surface area contributed by atoms with E-state index < -0.39 is 7.26 Å². The Morgan fingerprint density at radius 2 is 0.683 bits per heavy atom. The minimum absolute atomic E-state index is 0.0994. The Bertz CT molecular complexity index is 601. The van der Waals surface area contributed by atoms with Crippen LogP contribution in [0.1, 0.15) is 182 Å². The van der Waals surface area contributed by atoms with E-state index in [0.717, 1.165) is 5.30 Å². The number of benzene rings is 1. The molecule has 0 N–H and O–H groups in total. The Morgan fingerprint density at radius 3 is 0.951 bits per heavy atom. The molecule has 41 heavy (non-hydrogen) atoms. The first-order chi connectivity index (χ1) is 20.2. The molecule has 0 heterocycles. The summed E-state index contributed by atoms with van der Waals surface area (Å²) in [5, 5.41) is 0.826. The van der Waals surface area contributed by atoms with Crippen molar-refractivity contribution >= 4 is 21.0 Å². The third-order valence-electron chi connectivity index (χ3n) is 9.10. The van der Waals surface area contributed by atoms with Gasteiger partial charge < -0.3 is 0 Å². The molecule has 0 radical (unpaired) electrons. The quantitative estimate of drug-likeness (QED) is 0.0653. The average Bonchev–Trinajstić information content (AvgIpc) is 3.01. The molecule has 0 unspecified atom stereocenters. The zero-order chi connectivity index (χ0) is 30.1. The smallest absolute Gasteiger partial charge is 0.192 e. The van der Waals surface area contributed by atoms with Crippen LogP contribution in [0.5, 0.6) is 0 Å². The third kappa shape index (κ3) is 27.1. The number of hydrogen-bond donors (Lipinski definition) is 0. The molecular formula is C38H74OP2. The predicted molar refractivity (Wildman–Crippen MR) is 195 cm³/mol. The van der Waals surface area contributed by atoms with E-state index in [-0.39, 0.29) is 8.46 Å². The largest absolute Gasteiger partial charge is 0.269 e. The van der Waals surface area contributed by atoms with Crippen molar-refractivity contribution in [1.82, 2.24) is 0 Å². The molecule has 0 atom stereocenters. The van der Waals surface area contributed by atoms with E-state index in [4.69, 9.17) is 0 Å². The maximum atomic E-state index is 10.1. The van der Waals surface area contributed by atoms with Crippen molar-refractivity contribution in [3.05, 3.63) is 30.3 Å². The molecule has 0 aliphatic carbocycles. The van der Waals surface area contributed by atoms with Crippen molar-refractivity contribution in [3.63, 3.8) is 0 Å². The van der Waals surface area contributed by atoms with Gasteiger partial charge in [0, 0.05) is 5.30 Å². The summed E-state index contributed by atoms with van der Waals surface area (Å²) in [7, 11) is -0.943. The van der Waals surface area contributed by atoms with Gasteiger partial charge in [0.1, 0.15) is 0 Å². The second-order valence-electron chi connectivity index (χ2n) is 13.0. The van der Waals surface area contributed by atoms with E-state index in [9.17, 15) is 4.57 Å². The van der Waals surface area contributed by atoms with Crippen LogP contribution < -0.4 is 5.30 Å². The van der Waals surface area contributed by atoms with Crippen LogP contribution in [0.4, 0.5) is 0 Å². The molecule has 1 aromatic rings. The topological polar surface area (TPSA) is 17.1 Å². The molecule has 0 aliphatic rings. The standard InChI is InChI=1S/C32H69P.C6H5OP/c1-5-9-13-17-18-19-20-21-22-23-24-28-32-33(29-25-14-10-6-2,30-26-15-11-7-3)31-27-16-12-8-4;7-8-6-4-2-1-3-5-6/h33H,5-32H2,1-4H3;1-5H. The van der Waals surface area contributed by atoms with Gasteiger partial charge in [-0.25, -0.2) is 0 Å². The summed E-state index contributed by atoms with van der Waals surface area (Å²) in [6, 6.07) is 9.25.